The maximum Gasteiger partial charge on any atom is 0.410 e. The molecular formula is C10H19NO6. The minimum absolute atomic E-state index is 0.105. The Bertz CT molecular complexity index is 280. The Labute approximate surface area is 99.5 Å². The molecule has 0 saturated carbocycles. The summed E-state index contributed by atoms with van der Waals surface area (Å²) in [7, 11) is 0. The second-order valence-corrected chi connectivity index (χ2v) is 4.97. The molecule has 1 saturated heterocycles. The van der Waals surface area contributed by atoms with Gasteiger partial charge in [0.25, 0.3) is 0 Å². The molecule has 1 heterocycles. The summed E-state index contributed by atoms with van der Waals surface area (Å²) in [6.07, 6.45) is -1.83. The number of nitrogens with zero attached hydrogens (tertiary/aromatic N) is 1. The van der Waals surface area contributed by atoms with Crippen molar-refractivity contribution in [2.45, 2.75) is 38.4 Å². The van der Waals surface area contributed by atoms with Crippen LogP contribution in [0.1, 0.15) is 20.8 Å². The monoisotopic (exact) mass is 249 g/mol. The maximum atomic E-state index is 11.7. The second-order valence-electron chi connectivity index (χ2n) is 4.97. The van der Waals surface area contributed by atoms with Crippen LogP contribution in [0, 0.1) is 0 Å². The predicted molar refractivity (Wildman–Crippen MR) is 56.9 cm³/mol. The van der Waals surface area contributed by atoms with Crippen molar-refractivity contribution in [3.8, 4) is 0 Å². The number of amides is 1. The van der Waals surface area contributed by atoms with Gasteiger partial charge in [-0.2, -0.15) is 0 Å². The molecule has 0 aromatic heterocycles. The fourth-order valence-corrected chi connectivity index (χ4v) is 1.38. The van der Waals surface area contributed by atoms with Crippen molar-refractivity contribution in [3.05, 3.63) is 0 Å². The predicted octanol–water partition coefficient (Wildman–Crippen LogP) is -0.747. The zero-order valence-electron chi connectivity index (χ0n) is 10.2. The van der Waals surface area contributed by atoms with Gasteiger partial charge in [-0.25, -0.2) is 4.79 Å². The molecular weight excluding hydrogens is 230 g/mol. The van der Waals surface area contributed by atoms with E-state index in [4.69, 9.17) is 24.8 Å². The topological polar surface area (TPSA) is 99.5 Å². The molecule has 1 fully saturated rings. The van der Waals surface area contributed by atoms with Gasteiger partial charge in [0.15, 0.2) is 6.10 Å². The average molecular weight is 249 g/mol. The van der Waals surface area contributed by atoms with E-state index in [2.05, 4.69) is 0 Å². The molecule has 1 aliphatic rings. The molecule has 7 nitrogen and oxygen atoms in total. The summed E-state index contributed by atoms with van der Waals surface area (Å²) in [5.41, 5.74) is -0.625. The molecule has 3 N–H and O–H groups in total. The third-order valence-corrected chi connectivity index (χ3v) is 2.15. The number of carbonyl (C=O) groups excluding carboxylic acids is 1. The van der Waals surface area contributed by atoms with E-state index < -0.39 is 23.8 Å². The smallest absolute Gasteiger partial charge is 0.410 e. The van der Waals surface area contributed by atoms with Crippen LogP contribution in [-0.2, 0) is 9.47 Å². The van der Waals surface area contributed by atoms with Crippen LogP contribution < -0.4 is 0 Å². The third-order valence-electron chi connectivity index (χ3n) is 2.15. The molecule has 0 radical (unpaired) electrons. The van der Waals surface area contributed by atoms with Crippen molar-refractivity contribution >= 4 is 6.09 Å². The zero-order chi connectivity index (χ0) is 13.3. The van der Waals surface area contributed by atoms with Gasteiger partial charge in [-0.3, -0.25) is 0 Å². The van der Waals surface area contributed by atoms with E-state index >= 15 is 0 Å². The van der Waals surface area contributed by atoms with Gasteiger partial charge in [0.2, 0.25) is 0 Å². The van der Waals surface area contributed by atoms with E-state index in [0.29, 0.717) is 0 Å². The van der Waals surface area contributed by atoms with Crippen LogP contribution in [0.25, 0.3) is 0 Å². The van der Waals surface area contributed by atoms with Gasteiger partial charge in [0, 0.05) is 6.54 Å². The van der Waals surface area contributed by atoms with Crippen molar-refractivity contribution in [2.75, 3.05) is 19.7 Å². The molecule has 1 rings (SSSR count). The Hall–Kier alpha value is -0.890. The van der Waals surface area contributed by atoms with Crippen LogP contribution in [0.5, 0.6) is 0 Å². The molecule has 7 heteroatoms. The number of hydrogen-bond donors (Lipinski definition) is 3. The lowest BCUT2D eigenvalue weighted by Gasteiger charge is -2.36. The molecule has 17 heavy (non-hydrogen) atoms. The molecule has 0 aromatic rings. The Morgan fingerprint density at radius 1 is 1.35 bits per heavy atom. The van der Waals surface area contributed by atoms with Crippen LogP contribution in [0.2, 0.25) is 0 Å². The summed E-state index contributed by atoms with van der Waals surface area (Å²) in [6, 6.07) is 0. The molecule has 0 aliphatic carbocycles. The van der Waals surface area contributed by atoms with Gasteiger partial charge in [0.05, 0.1) is 13.2 Å². The Kier molecular flexibility index (Phi) is 3.98. The van der Waals surface area contributed by atoms with Gasteiger partial charge in [-0.05, 0) is 20.8 Å². The lowest BCUT2D eigenvalue weighted by Crippen LogP contribution is -2.56. The Morgan fingerprint density at radius 2 is 1.94 bits per heavy atom. The molecule has 0 spiro atoms. The zero-order valence-corrected chi connectivity index (χ0v) is 10.2. The summed E-state index contributed by atoms with van der Waals surface area (Å²) in [6.45, 7) is 5.44. The molecule has 0 aromatic carbocycles. The molecule has 1 unspecified atom stereocenters. The number of hydrogen-bond acceptors (Lipinski definition) is 6. The van der Waals surface area contributed by atoms with Gasteiger partial charge in [-0.1, -0.05) is 0 Å². The maximum absolute atomic E-state index is 11.7. The minimum Gasteiger partial charge on any atom is -0.444 e. The lowest BCUT2D eigenvalue weighted by molar-refractivity contribution is -0.366. The number of morpholine rings is 1. The fraction of sp³-hybridized carbons (Fsp3) is 0.900. The van der Waals surface area contributed by atoms with Crippen molar-refractivity contribution in [3.63, 3.8) is 0 Å². The van der Waals surface area contributed by atoms with Crippen molar-refractivity contribution in [2.24, 2.45) is 0 Å². The summed E-state index contributed by atoms with van der Waals surface area (Å²) in [5, 5.41) is 26.9. The van der Waals surface area contributed by atoms with Crippen LogP contribution in [0.4, 0.5) is 4.79 Å². The highest BCUT2D eigenvalue weighted by molar-refractivity contribution is 5.68. The summed E-state index contributed by atoms with van der Waals surface area (Å²) < 4.78 is 10.1. The van der Waals surface area contributed by atoms with Gasteiger partial charge < -0.3 is 29.7 Å². The summed E-state index contributed by atoms with van der Waals surface area (Å²) >= 11 is 0. The normalized spacial score (nSPS) is 22.5. The molecule has 100 valence electrons. The van der Waals surface area contributed by atoms with Crippen LogP contribution in [0.15, 0.2) is 0 Å². The largest absolute Gasteiger partial charge is 0.444 e. The quantitative estimate of drug-likeness (QED) is 0.529. The Morgan fingerprint density at radius 3 is 2.41 bits per heavy atom. The van der Waals surface area contributed by atoms with E-state index in [1.54, 1.807) is 20.8 Å². The van der Waals surface area contributed by atoms with E-state index in [-0.39, 0.29) is 19.7 Å². The lowest BCUT2D eigenvalue weighted by atomic mass is 10.2. The fourth-order valence-electron chi connectivity index (χ4n) is 1.38. The van der Waals surface area contributed by atoms with Crippen molar-refractivity contribution < 1.29 is 29.6 Å². The number of carbonyl (C=O) groups is 1. The van der Waals surface area contributed by atoms with Crippen LogP contribution >= 0.6 is 0 Å². The first kappa shape index (κ1) is 14.2. The van der Waals surface area contributed by atoms with E-state index in [9.17, 15) is 4.79 Å². The number of rotatable bonds is 1. The summed E-state index contributed by atoms with van der Waals surface area (Å²) in [5.74, 6) is -2.96. The van der Waals surface area contributed by atoms with Gasteiger partial charge in [0.1, 0.15) is 5.60 Å². The SMILES string of the molecule is CC(C)(C)OC(=O)N1CCOC(C(O)(O)O)C1. The van der Waals surface area contributed by atoms with Crippen molar-refractivity contribution in [1.82, 2.24) is 4.90 Å². The molecule has 1 amide bonds. The molecule has 1 atom stereocenters. The standard InChI is InChI=1S/C10H19NO6/c1-9(2,3)17-8(12)11-4-5-16-7(6-11)10(13,14)15/h7,13-15H,4-6H2,1-3H3. The first-order valence-corrected chi connectivity index (χ1v) is 5.36. The van der Waals surface area contributed by atoms with Crippen LogP contribution in [-0.4, -0.2) is 63.7 Å². The Balaban J connectivity index is 2.58. The van der Waals surface area contributed by atoms with Gasteiger partial charge >= 0.3 is 12.1 Å². The highest BCUT2D eigenvalue weighted by Crippen LogP contribution is 2.16. The highest BCUT2D eigenvalue weighted by Gasteiger charge is 2.39. The summed E-state index contributed by atoms with van der Waals surface area (Å²) in [4.78, 5) is 13.0. The molecule has 0 bridgehead atoms. The first-order valence-electron chi connectivity index (χ1n) is 5.36. The van der Waals surface area contributed by atoms with Crippen molar-refractivity contribution in [1.29, 1.82) is 0 Å². The molecule has 1 aliphatic heterocycles. The highest BCUT2D eigenvalue weighted by atomic mass is 16.7. The van der Waals surface area contributed by atoms with Crippen LogP contribution in [0.3, 0.4) is 0 Å². The van der Waals surface area contributed by atoms with E-state index in [1.807, 2.05) is 0 Å². The number of ether oxygens (including phenoxy) is 2. The minimum atomic E-state index is -2.96. The van der Waals surface area contributed by atoms with E-state index in [1.165, 1.54) is 4.90 Å². The van der Waals surface area contributed by atoms with E-state index in [0.717, 1.165) is 0 Å². The third kappa shape index (κ3) is 4.47. The van der Waals surface area contributed by atoms with Gasteiger partial charge in [-0.15, -0.1) is 0 Å². The first-order chi connectivity index (χ1) is 7.59. The average Bonchev–Trinajstić information content (AvgIpc) is 2.14. The number of aliphatic hydroxyl groups is 3. The second kappa shape index (κ2) is 4.77.